The van der Waals surface area contributed by atoms with E-state index in [1.54, 1.807) is 36.2 Å². The molecule has 3 aromatic rings. The lowest BCUT2D eigenvalue weighted by Crippen LogP contribution is -2.34. The van der Waals surface area contributed by atoms with Crippen molar-refractivity contribution in [3.8, 4) is 0 Å². The minimum Gasteiger partial charge on any atom is -0.365 e. The Morgan fingerprint density at radius 3 is 2.15 bits per heavy atom. The molecule has 33 heavy (non-hydrogen) atoms. The van der Waals surface area contributed by atoms with E-state index >= 15 is 0 Å². The molecule has 0 saturated heterocycles. The van der Waals surface area contributed by atoms with Crippen LogP contribution in [-0.2, 0) is 20.9 Å². The van der Waals surface area contributed by atoms with Gasteiger partial charge in [0, 0.05) is 26.2 Å². The van der Waals surface area contributed by atoms with Crippen molar-refractivity contribution in [1.29, 1.82) is 0 Å². The van der Waals surface area contributed by atoms with Gasteiger partial charge in [-0.05, 0) is 47.5 Å². The van der Waals surface area contributed by atoms with Gasteiger partial charge >= 0.3 is 0 Å². The smallest absolute Gasteiger partial charge is 0.282 e. The zero-order valence-corrected chi connectivity index (χ0v) is 18.2. The van der Waals surface area contributed by atoms with Crippen LogP contribution in [0.5, 0.6) is 0 Å². The van der Waals surface area contributed by atoms with Crippen LogP contribution in [0.25, 0.3) is 5.57 Å². The molecule has 0 aliphatic carbocycles. The van der Waals surface area contributed by atoms with Crippen molar-refractivity contribution >= 4 is 34.7 Å². The van der Waals surface area contributed by atoms with Gasteiger partial charge in [-0.1, -0.05) is 42.5 Å². The third-order valence-electron chi connectivity index (χ3n) is 5.28. The quantitative estimate of drug-likeness (QED) is 0.580. The predicted octanol–water partition coefficient (Wildman–Crippen LogP) is 4.20. The van der Waals surface area contributed by atoms with E-state index in [2.05, 4.69) is 5.32 Å². The Morgan fingerprint density at radius 2 is 1.55 bits per heavy atom. The Bertz CT molecular complexity index is 1240. The zero-order chi connectivity index (χ0) is 23.5. The molecule has 3 amide bonds. The summed E-state index contributed by atoms with van der Waals surface area (Å²) in [7, 11) is 1.75. The van der Waals surface area contributed by atoms with Crippen LogP contribution in [0.3, 0.4) is 0 Å². The Labute approximate surface area is 190 Å². The Balaban J connectivity index is 1.74. The van der Waals surface area contributed by atoms with Gasteiger partial charge in [0.15, 0.2) is 0 Å². The molecule has 0 atom stereocenters. The molecular weight excluding hydrogens is 421 g/mol. The molecular formula is C26H22FN3O3. The first-order chi connectivity index (χ1) is 15.8. The maximum atomic E-state index is 13.5. The number of carbonyl (C=O) groups is 3. The van der Waals surface area contributed by atoms with Crippen molar-refractivity contribution in [3.05, 3.63) is 102 Å². The molecule has 1 heterocycles. The van der Waals surface area contributed by atoms with Crippen molar-refractivity contribution in [2.24, 2.45) is 0 Å². The molecule has 0 spiro atoms. The van der Waals surface area contributed by atoms with Crippen LogP contribution in [0, 0.1) is 5.82 Å². The normalized spacial score (nSPS) is 13.5. The summed E-state index contributed by atoms with van der Waals surface area (Å²) < 4.78 is 13.5. The highest BCUT2D eigenvalue weighted by molar-refractivity contribution is 6.45. The Hall–Kier alpha value is -4.26. The van der Waals surface area contributed by atoms with Gasteiger partial charge in [0.1, 0.15) is 11.5 Å². The monoisotopic (exact) mass is 443 g/mol. The van der Waals surface area contributed by atoms with Crippen molar-refractivity contribution in [1.82, 2.24) is 4.90 Å². The lowest BCUT2D eigenvalue weighted by atomic mass is 10.0. The maximum Gasteiger partial charge on any atom is 0.282 e. The molecule has 0 fully saturated rings. The predicted molar refractivity (Wildman–Crippen MR) is 124 cm³/mol. The number of halogens is 1. The van der Waals surface area contributed by atoms with Crippen LogP contribution in [0.15, 0.2) is 84.6 Å². The van der Waals surface area contributed by atoms with Crippen molar-refractivity contribution in [3.63, 3.8) is 0 Å². The highest BCUT2D eigenvalue weighted by Gasteiger charge is 2.41. The number of amides is 3. The summed E-state index contributed by atoms with van der Waals surface area (Å²) in [4.78, 5) is 41.1. The molecule has 0 radical (unpaired) electrons. The number of nitrogens with zero attached hydrogens (tertiary/aromatic N) is 2. The summed E-state index contributed by atoms with van der Waals surface area (Å²) in [6.07, 6.45) is 0. The first-order valence-electron chi connectivity index (χ1n) is 10.4. The van der Waals surface area contributed by atoms with Crippen molar-refractivity contribution in [2.75, 3.05) is 17.3 Å². The first-order valence-corrected chi connectivity index (χ1v) is 10.4. The van der Waals surface area contributed by atoms with Gasteiger partial charge in [0.25, 0.3) is 11.8 Å². The summed E-state index contributed by atoms with van der Waals surface area (Å²) in [6.45, 7) is 1.81. The van der Waals surface area contributed by atoms with E-state index in [0.29, 0.717) is 23.5 Å². The molecule has 4 rings (SSSR count). The van der Waals surface area contributed by atoms with E-state index in [9.17, 15) is 18.8 Å². The van der Waals surface area contributed by atoms with E-state index < -0.39 is 17.6 Å². The van der Waals surface area contributed by atoms with E-state index in [0.717, 1.165) is 10.5 Å². The summed E-state index contributed by atoms with van der Waals surface area (Å²) >= 11 is 0. The molecule has 0 unspecified atom stereocenters. The van der Waals surface area contributed by atoms with Crippen LogP contribution < -0.4 is 10.2 Å². The standard InChI is InChI=1S/C26H22FN3O3/c1-17(31)28-21-12-14-22(15-13-21)30-25(32)23(19-8-10-20(27)11-9-19)24(26(30)33)29(2)16-18-6-4-3-5-7-18/h3-15H,16H2,1-2H3,(H,28,31). The minimum atomic E-state index is -0.492. The largest absolute Gasteiger partial charge is 0.365 e. The van der Waals surface area contributed by atoms with Crippen LogP contribution >= 0.6 is 0 Å². The molecule has 7 heteroatoms. The van der Waals surface area contributed by atoms with Gasteiger partial charge in [-0.3, -0.25) is 14.4 Å². The molecule has 1 aliphatic heterocycles. The fraction of sp³-hybridized carbons (Fsp3) is 0.115. The van der Waals surface area contributed by atoms with E-state index in [1.807, 2.05) is 30.3 Å². The molecule has 0 aromatic heterocycles. The second-order valence-corrected chi connectivity index (χ2v) is 7.75. The molecule has 1 aliphatic rings. The van der Waals surface area contributed by atoms with Crippen LogP contribution in [-0.4, -0.2) is 29.7 Å². The molecule has 0 saturated carbocycles. The number of nitrogens with one attached hydrogen (secondary N) is 1. The third kappa shape index (κ3) is 4.52. The fourth-order valence-corrected chi connectivity index (χ4v) is 3.82. The highest BCUT2D eigenvalue weighted by Crippen LogP contribution is 2.35. The fourth-order valence-electron chi connectivity index (χ4n) is 3.82. The van der Waals surface area contributed by atoms with Crippen LogP contribution in [0.1, 0.15) is 18.1 Å². The molecule has 0 bridgehead atoms. The van der Waals surface area contributed by atoms with Gasteiger partial charge in [-0.15, -0.1) is 0 Å². The summed E-state index contributed by atoms with van der Waals surface area (Å²) in [5, 5.41) is 2.66. The van der Waals surface area contributed by atoms with Crippen molar-refractivity contribution in [2.45, 2.75) is 13.5 Å². The van der Waals surface area contributed by atoms with Crippen LogP contribution in [0.4, 0.5) is 15.8 Å². The SMILES string of the molecule is CC(=O)Nc1ccc(N2C(=O)C(c3ccc(F)cc3)=C(N(C)Cc3ccccc3)C2=O)cc1. The van der Waals surface area contributed by atoms with Gasteiger partial charge in [-0.2, -0.15) is 0 Å². The van der Waals surface area contributed by atoms with Gasteiger partial charge in [-0.25, -0.2) is 9.29 Å². The number of hydrogen-bond acceptors (Lipinski definition) is 4. The summed E-state index contributed by atoms with van der Waals surface area (Å²) in [5.41, 5.74) is 2.82. The number of benzene rings is 3. The highest BCUT2D eigenvalue weighted by atomic mass is 19.1. The molecule has 1 N–H and O–H groups in total. The van der Waals surface area contributed by atoms with Crippen LogP contribution in [0.2, 0.25) is 0 Å². The van der Waals surface area contributed by atoms with E-state index in [4.69, 9.17) is 0 Å². The maximum absolute atomic E-state index is 13.5. The minimum absolute atomic E-state index is 0.212. The lowest BCUT2D eigenvalue weighted by molar-refractivity contribution is -0.120. The van der Waals surface area contributed by atoms with Gasteiger partial charge < -0.3 is 10.2 Å². The molecule has 6 nitrogen and oxygen atoms in total. The van der Waals surface area contributed by atoms with Gasteiger partial charge in [0.05, 0.1) is 11.3 Å². The summed E-state index contributed by atoms with van der Waals surface area (Å²) in [6, 6.07) is 21.6. The second-order valence-electron chi connectivity index (χ2n) is 7.75. The van der Waals surface area contributed by atoms with E-state index in [1.165, 1.54) is 31.2 Å². The zero-order valence-electron chi connectivity index (χ0n) is 18.2. The molecule has 166 valence electrons. The lowest BCUT2D eigenvalue weighted by Gasteiger charge is -2.21. The number of likely N-dealkylation sites (N-methyl/N-ethyl adjacent to an activating group) is 1. The second kappa shape index (κ2) is 9.08. The first kappa shape index (κ1) is 22.0. The number of rotatable bonds is 6. The number of anilines is 2. The number of hydrogen-bond donors (Lipinski definition) is 1. The third-order valence-corrected chi connectivity index (χ3v) is 5.28. The van der Waals surface area contributed by atoms with Gasteiger partial charge in [0.2, 0.25) is 5.91 Å². The number of carbonyl (C=O) groups excluding carboxylic acids is 3. The topological polar surface area (TPSA) is 69.7 Å². The average Bonchev–Trinajstić information content (AvgIpc) is 3.05. The average molecular weight is 443 g/mol. The Morgan fingerprint density at radius 1 is 0.909 bits per heavy atom. The molecule has 3 aromatic carbocycles. The van der Waals surface area contributed by atoms with E-state index in [-0.39, 0.29) is 17.2 Å². The number of imide groups is 1. The van der Waals surface area contributed by atoms with Crippen molar-refractivity contribution < 1.29 is 18.8 Å². The summed E-state index contributed by atoms with van der Waals surface area (Å²) in [5.74, 6) is -1.61. The Kier molecular flexibility index (Phi) is 6.04.